The Labute approximate surface area is 124 Å². The molecule has 0 saturated heterocycles. The first-order valence-corrected chi connectivity index (χ1v) is 8.19. The Hall–Kier alpha value is -0.0100. The second-order valence-electron chi connectivity index (χ2n) is 5.88. The lowest BCUT2D eigenvalue weighted by molar-refractivity contribution is 0.287. The van der Waals surface area contributed by atoms with Crippen LogP contribution in [0, 0.1) is 25.7 Å². The van der Waals surface area contributed by atoms with Gasteiger partial charge in [0.2, 0.25) is 0 Å². The maximum absolute atomic E-state index is 6.18. The van der Waals surface area contributed by atoms with E-state index in [1.54, 1.807) is 0 Å². The number of benzene rings is 1. The molecule has 1 aliphatic rings. The largest absolute Gasteiger partial charge is 0.0840 e. The molecule has 0 aliphatic heterocycles. The third kappa shape index (κ3) is 3.11. The summed E-state index contributed by atoms with van der Waals surface area (Å²) in [5.74, 6) is 1.69. The van der Waals surface area contributed by atoms with Gasteiger partial charge in [-0.05, 0) is 61.3 Å². The van der Waals surface area contributed by atoms with Gasteiger partial charge < -0.3 is 0 Å². The number of hydrogen-bond donors (Lipinski definition) is 0. The lowest BCUT2D eigenvalue weighted by Crippen LogP contribution is -2.17. The summed E-state index contributed by atoms with van der Waals surface area (Å²) >= 11 is 10.1. The molecule has 0 radical (unpaired) electrons. The molecule has 0 heterocycles. The molecule has 1 unspecified atom stereocenters. The van der Waals surface area contributed by atoms with Crippen LogP contribution in [0.4, 0.5) is 0 Å². The van der Waals surface area contributed by atoms with Crippen molar-refractivity contribution in [2.24, 2.45) is 11.8 Å². The van der Waals surface area contributed by atoms with Crippen molar-refractivity contribution in [1.82, 2.24) is 0 Å². The molecule has 100 valence electrons. The maximum atomic E-state index is 6.18. The summed E-state index contributed by atoms with van der Waals surface area (Å²) in [6, 6.07) is 4.36. The van der Waals surface area contributed by atoms with E-state index in [0.29, 0.717) is 4.83 Å². The van der Waals surface area contributed by atoms with Crippen molar-refractivity contribution < 1.29 is 0 Å². The molecule has 0 amide bonds. The van der Waals surface area contributed by atoms with E-state index in [0.717, 1.165) is 16.9 Å². The van der Waals surface area contributed by atoms with Gasteiger partial charge in [-0.25, -0.2) is 0 Å². The van der Waals surface area contributed by atoms with Crippen LogP contribution < -0.4 is 0 Å². The van der Waals surface area contributed by atoms with Crippen LogP contribution in [0.25, 0.3) is 0 Å². The molecule has 1 saturated carbocycles. The number of hydrogen-bond acceptors (Lipinski definition) is 0. The van der Waals surface area contributed by atoms with Crippen LogP contribution in [0.3, 0.4) is 0 Å². The summed E-state index contributed by atoms with van der Waals surface area (Å²) in [5.41, 5.74) is 3.92. The van der Waals surface area contributed by atoms with Crippen LogP contribution in [-0.2, 0) is 0 Å². The molecular weight excluding hydrogens is 308 g/mol. The Bertz CT molecular complexity index is 419. The van der Waals surface area contributed by atoms with Gasteiger partial charge in [0.1, 0.15) is 0 Å². The monoisotopic (exact) mass is 328 g/mol. The summed E-state index contributed by atoms with van der Waals surface area (Å²) in [7, 11) is 0. The van der Waals surface area contributed by atoms with Gasteiger partial charge in [0.15, 0.2) is 0 Å². The van der Waals surface area contributed by atoms with Gasteiger partial charge in [0.05, 0.1) is 0 Å². The number of halogens is 2. The number of rotatable bonds is 2. The van der Waals surface area contributed by atoms with Crippen LogP contribution >= 0.6 is 27.5 Å². The Kier molecular flexibility index (Phi) is 4.77. The molecule has 2 heteroatoms. The van der Waals surface area contributed by atoms with Crippen molar-refractivity contribution in [1.29, 1.82) is 0 Å². The molecule has 0 nitrogen and oxygen atoms in total. The molecule has 1 fully saturated rings. The van der Waals surface area contributed by atoms with Crippen molar-refractivity contribution in [2.75, 3.05) is 0 Å². The summed E-state index contributed by atoms with van der Waals surface area (Å²) < 4.78 is 0. The van der Waals surface area contributed by atoms with Gasteiger partial charge in [-0.15, -0.1) is 0 Å². The second kappa shape index (κ2) is 5.96. The van der Waals surface area contributed by atoms with E-state index in [2.05, 4.69) is 48.8 Å². The van der Waals surface area contributed by atoms with Gasteiger partial charge in [0, 0.05) is 9.85 Å². The van der Waals surface area contributed by atoms with Crippen molar-refractivity contribution in [3.05, 3.63) is 33.8 Å². The smallest absolute Gasteiger partial charge is 0.0438 e. The minimum atomic E-state index is 0.487. The average Bonchev–Trinajstić information content (AvgIpc) is 2.34. The van der Waals surface area contributed by atoms with E-state index < -0.39 is 0 Å². The second-order valence-corrected chi connectivity index (χ2v) is 7.27. The van der Waals surface area contributed by atoms with Crippen LogP contribution in [0.2, 0.25) is 5.02 Å². The van der Waals surface area contributed by atoms with Crippen LogP contribution in [-0.4, -0.2) is 0 Å². The van der Waals surface area contributed by atoms with Crippen LogP contribution in [0.15, 0.2) is 12.1 Å². The highest BCUT2D eigenvalue weighted by Crippen LogP contribution is 2.43. The van der Waals surface area contributed by atoms with Crippen molar-refractivity contribution in [2.45, 2.75) is 51.3 Å². The minimum absolute atomic E-state index is 0.487. The van der Waals surface area contributed by atoms with Crippen LogP contribution in [0.5, 0.6) is 0 Å². The first-order chi connectivity index (χ1) is 8.49. The highest BCUT2D eigenvalue weighted by atomic mass is 79.9. The van der Waals surface area contributed by atoms with E-state index in [1.165, 1.54) is 42.4 Å². The molecule has 1 atom stereocenters. The van der Waals surface area contributed by atoms with Gasteiger partial charge in [-0.3, -0.25) is 0 Å². The molecule has 2 rings (SSSR count). The number of aryl methyl sites for hydroxylation is 2. The lowest BCUT2D eigenvalue weighted by atomic mass is 9.79. The van der Waals surface area contributed by atoms with Gasteiger partial charge in [-0.1, -0.05) is 53.4 Å². The Morgan fingerprint density at radius 2 is 1.72 bits per heavy atom. The van der Waals surface area contributed by atoms with Crippen molar-refractivity contribution >= 4 is 27.5 Å². The van der Waals surface area contributed by atoms with E-state index >= 15 is 0 Å². The molecule has 18 heavy (non-hydrogen) atoms. The SMILES string of the molecule is Cc1cc(C(Br)C2CCC(C)CC2)c(C)cc1Cl. The fourth-order valence-corrected chi connectivity index (χ4v) is 4.17. The topological polar surface area (TPSA) is 0 Å². The van der Waals surface area contributed by atoms with Crippen molar-refractivity contribution in [3.8, 4) is 0 Å². The molecular formula is C16H22BrCl. The van der Waals surface area contributed by atoms with Gasteiger partial charge >= 0.3 is 0 Å². The van der Waals surface area contributed by atoms with Crippen molar-refractivity contribution in [3.63, 3.8) is 0 Å². The third-order valence-corrected chi connectivity index (χ3v) is 5.97. The molecule has 1 aromatic rings. The molecule has 0 bridgehead atoms. The summed E-state index contributed by atoms with van der Waals surface area (Å²) in [5, 5.41) is 0.883. The Balaban J connectivity index is 2.18. The average molecular weight is 330 g/mol. The molecule has 0 aromatic heterocycles. The third-order valence-electron chi connectivity index (χ3n) is 4.32. The zero-order valence-corrected chi connectivity index (χ0v) is 13.8. The summed E-state index contributed by atoms with van der Waals surface area (Å²) in [4.78, 5) is 0.487. The highest BCUT2D eigenvalue weighted by Gasteiger charge is 2.26. The minimum Gasteiger partial charge on any atom is -0.0840 e. The zero-order chi connectivity index (χ0) is 13.3. The molecule has 1 aliphatic carbocycles. The van der Waals surface area contributed by atoms with E-state index in [9.17, 15) is 0 Å². The Morgan fingerprint density at radius 3 is 2.33 bits per heavy atom. The maximum Gasteiger partial charge on any atom is 0.0438 e. The highest BCUT2D eigenvalue weighted by molar-refractivity contribution is 9.09. The predicted molar refractivity (Wildman–Crippen MR) is 83.7 cm³/mol. The van der Waals surface area contributed by atoms with Gasteiger partial charge in [-0.2, -0.15) is 0 Å². The van der Waals surface area contributed by atoms with E-state index in [-0.39, 0.29) is 0 Å². The van der Waals surface area contributed by atoms with E-state index in [1.807, 2.05) is 0 Å². The van der Waals surface area contributed by atoms with Gasteiger partial charge in [0.25, 0.3) is 0 Å². The summed E-state index contributed by atoms with van der Waals surface area (Å²) in [6.07, 6.45) is 5.44. The van der Waals surface area contributed by atoms with Crippen LogP contribution in [0.1, 0.15) is 54.1 Å². The molecule has 1 aromatic carbocycles. The fourth-order valence-electron chi connectivity index (χ4n) is 2.93. The molecule has 0 spiro atoms. The first kappa shape index (κ1) is 14.4. The quantitative estimate of drug-likeness (QED) is 0.565. The number of alkyl halides is 1. The normalized spacial score (nSPS) is 26.1. The zero-order valence-electron chi connectivity index (χ0n) is 11.5. The first-order valence-electron chi connectivity index (χ1n) is 6.89. The molecule has 0 N–H and O–H groups in total. The summed E-state index contributed by atoms with van der Waals surface area (Å²) in [6.45, 7) is 6.63. The predicted octanol–water partition coefficient (Wildman–Crippen LogP) is 6.22. The lowest BCUT2D eigenvalue weighted by Gasteiger charge is -2.31. The fraction of sp³-hybridized carbons (Fsp3) is 0.625. The van der Waals surface area contributed by atoms with E-state index in [4.69, 9.17) is 11.6 Å². The standard InChI is InChI=1S/C16H22BrCl/c1-10-4-6-13(7-5-10)16(17)14-8-12(3)15(18)9-11(14)2/h8-10,13,16H,4-7H2,1-3H3. The Morgan fingerprint density at radius 1 is 1.11 bits per heavy atom.